The molecule has 2 fully saturated rings. The van der Waals surface area contributed by atoms with E-state index in [9.17, 15) is 4.79 Å². The van der Waals surface area contributed by atoms with Crippen molar-refractivity contribution in [2.24, 2.45) is 5.41 Å². The second-order valence-electron chi connectivity index (χ2n) is 5.49. The minimum absolute atomic E-state index is 0.0899. The molecule has 1 heterocycles. The Morgan fingerprint density at radius 2 is 2.13 bits per heavy atom. The second kappa shape index (κ2) is 3.56. The van der Waals surface area contributed by atoms with Crippen LogP contribution in [0, 0.1) is 5.41 Å². The third-order valence-electron chi connectivity index (χ3n) is 3.55. The normalized spacial score (nSPS) is 39.9. The van der Waals surface area contributed by atoms with E-state index >= 15 is 0 Å². The maximum absolute atomic E-state index is 11.7. The van der Waals surface area contributed by atoms with Crippen molar-refractivity contribution in [3.05, 3.63) is 0 Å². The number of ketones is 1. The Morgan fingerprint density at radius 3 is 2.60 bits per heavy atom. The lowest BCUT2D eigenvalue weighted by molar-refractivity contribution is -0.145. The highest BCUT2D eigenvalue weighted by Crippen LogP contribution is 2.40. The van der Waals surface area contributed by atoms with Gasteiger partial charge in [-0.2, -0.15) is 0 Å². The van der Waals surface area contributed by atoms with E-state index in [1.807, 2.05) is 13.8 Å². The molecule has 3 heteroatoms. The fraction of sp³-hybridized carbons (Fsp3) is 0.917. The highest BCUT2D eigenvalue weighted by molar-refractivity contribution is 5.86. The number of Topliss-reactive ketones (excluding diaryl/α,β-unsaturated/α-hetero) is 1. The van der Waals surface area contributed by atoms with Gasteiger partial charge in [-0.05, 0) is 33.1 Å². The molecule has 0 spiro atoms. The van der Waals surface area contributed by atoms with Gasteiger partial charge in [-0.25, -0.2) is 0 Å². The van der Waals surface area contributed by atoms with Gasteiger partial charge in [0.2, 0.25) is 0 Å². The van der Waals surface area contributed by atoms with Gasteiger partial charge in [-0.15, -0.1) is 0 Å². The SMILES string of the molecule is CC1(C)OC[C@H](C[C@]2(C)CCCC2=O)O1. The number of ether oxygens (including phenoxy) is 2. The molecule has 0 aromatic heterocycles. The van der Waals surface area contributed by atoms with E-state index in [2.05, 4.69) is 6.92 Å². The average molecular weight is 212 g/mol. The van der Waals surface area contributed by atoms with Gasteiger partial charge in [0.25, 0.3) is 0 Å². The Morgan fingerprint density at radius 1 is 1.40 bits per heavy atom. The van der Waals surface area contributed by atoms with Gasteiger partial charge in [-0.1, -0.05) is 6.92 Å². The van der Waals surface area contributed by atoms with E-state index in [0.29, 0.717) is 12.4 Å². The topological polar surface area (TPSA) is 35.5 Å². The maximum Gasteiger partial charge on any atom is 0.163 e. The Labute approximate surface area is 91.1 Å². The maximum atomic E-state index is 11.7. The highest BCUT2D eigenvalue weighted by atomic mass is 16.7. The first-order valence-corrected chi connectivity index (χ1v) is 5.76. The van der Waals surface area contributed by atoms with E-state index in [1.54, 1.807) is 0 Å². The molecule has 3 nitrogen and oxygen atoms in total. The predicted octanol–water partition coefficient (Wildman–Crippen LogP) is 2.29. The van der Waals surface area contributed by atoms with Gasteiger partial charge >= 0.3 is 0 Å². The molecule has 0 aromatic rings. The fourth-order valence-corrected chi connectivity index (χ4v) is 2.66. The summed E-state index contributed by atoms with van der Waals surface area (Å²) in [6.45, 7) is 6.53. The Kier molecular flexibility index (Phi) is 2.63. The lowest BCUT2D eigenvalue weighted by atomic mass is 9.82. The second-order valence-corrected chi connectivity index (χ2v) is 5.49. The summed E-state index contributed by atoms with van der Waals surface area (Å²) < 4.78 is 11.3. The molecule has 0 N–H and O–H groups in total. The van der Waals surface area contributed by atoms with Crippen molar-refractivity contribution < 1.29 is 14.3 Å². The number of carbonyl (C=O) groups is 1. The molecule has 0 bridgehead atoms. The van der Waals surface area contributed by atoms with Crippen molar-refractivity contribution in [2.45, 2.75) is 58.3 Å². The number of carbonyl (C=O) groups excluding carboxylic acids is 1. The third-order valence-corrected chi connectivity index (χ3v) is 3.55. The zero-order valence-electron chi connectivity index (χ0n) is 9.84. The molecular formula is C12H20O3. The van der Waals surface area contributed by atoms with Crippen LogP contribution in [0.25, 0.3) is 0 Å². The molecule has 1 aliphatic carbocycles. The van der Waals surface area contributed by atoms with E-state index in [4.69, 9.17) is 9.47 Å². The van der Waals surface area contributed by atoms with Crippen molar-refractivity contribution in [1.82, 2.24) is 0 Å². The molecule has 2 rings (SSSR count). The Bertz CT molecular complexity index is 272. The van der Waals surface area contributed by atoms with Crippen LogP contribution in [0.1, 0.15) is 46.5 Å². The van der Waals surface area contributed by atoms with E-state index in [-0.39, 0.29) is 11.5 Å². The minimum atomic E-state index is -0.470. The first-order chi connectivity index (χ1) is 6.91. The third kappa shape index (κ3) is 2.23. The molecule has 0 radical (unpaired) electrons. The van der Waals surface area contributed by atoms with Gasteiger partial charge in [0.05, 0.1) is 12.7 Å². The fourth-order valence-electron chi connectivity index (χ4n) is 2.66. The molecular weight excluding hydrogens is 192 g/mol. The summed E-state index contributed by atoms with van der Waals surface area (Å²) in [6.07, 6.45) is 3.69. The largest absolute Gasteiger partial charge is 0.348 e. The summed E-state index contributed by atoms with van der Waals surface area (Å²) in [5, 5.41) is 0. The van der Waals surface area contributed by atoms with E-state index in [1.165, 1.54) is 0 Å². The van der Waals surface area contributed by atoms with Crippen molar-refractivity contribution in [3.8, 4) is 0 Å². The monoisotopic (exact) mass is 212 g/mol. The zero-order chi connectivity index (χ0) is 11.1. The predicted molar refractivity (Wildman–Crippen MR) is 56.5 cm³/mol. The molecule has 86 valence electrons. The zero-order valence-corrected chi connectivity index (χ0v) is 9.84. The molecule has 0 aromatic carbocycles. The summed E-state index contributed by atoms with van der Waals surface area (Å²) in [5.74, 6) is -0.0707. The van der Waals surface area contributed by atoms with Crippen molar-refractivity contribution in [2.75, 3.05) is 6.61 Å². The van der Waals surface area contributed by atoms with Crippen LogP contribution in [0.5, 0.6) is 0 Å². The van der Waals surface area contributed by atoms with Crippen LogP contribution in [0.4, 0.5) is 0 Å². The summed E-state index contributed by atoms with van der Waals surface area (Å²) in [7, 11) is 0. The Hall–Kier alpha value is -0.410. The van der Waals surface area contributed by atoms with E-state index < -0.39 is 5.79 Å². The molecule has 2 aliphatic rings. The lowest BCUT2D eigenvalue weighted by Crippen LogP contribution is -2.30. The lowest BCUT2D eigenvalue weighted by Gasteiger charge is -2.25. The standard InChI is InChI=1S/C12H20O3/c1-11(2)14-8-9(15-11)7-12(3)6-4-5-10(12)13/h9H,4-8H2,1-3H3/t9-,12-/m0/s1. The van der Waals surface area contributed by atoms with Crippen LogP contribution in [0.3, 0.4) is 0 Å². The van der Waals surface area contributed by atoms with Gasteiger partial charge < -0.3 is 9.47 Å². The molecule has 0 unspecified atom stereocenters. The minimum Gasteiger partial charge on any atom is -0.348 e. The molecule has 15 heavy (non-hydrogen) atoms. The van der Waals surface area contributed by atoms with Crippen molar-refractivity contribution >= 4 is 5.78 Å². The highest BCUT2D eigenvalue weighted by Gasteiger charge is 2.43. The van der Waals surface area contributed by atoms with Crippen LogP contribution in [-0.4, -0.2) is 24.3 Å². The van der Waals surface area contributed by atoms with Gasteiger partial charge in [0, 0.05) is 11.8 Å². The average Bonchev–Trinajstić information content (AvgIpc) is 2.59. The van der Waals surface area contributed by atoms with Crippen molar-refractivity contribution in [3.63, 3.8) is 0 Å². The van der Waals surface area contributed by atoms with Crippen LogP contribution in [-0.2, 0) is 14.3 Å². The molecule has 1 aliphatic heterocycles. The number of rotatable bonds is 2. The van der Waals surface area contributed by atoms with Crippen LogP contribution in [0.2, 0.25) is 0 Å². The first-order valence-electron chi connectivity index (χ1n) is 5.76. The Balaban J connectivity index is 1.95. The van der Waals surface area contributed by atoms with Gasteiger partial charge in [-0.3, -0.25) is 4.79 Å². The smallest absolute Gasteiger partial charge is 0.163 e. The molecule has 2 atom stereocenters. The van der Waals surface area contributed by atoms with Crippen molar-refractivity contribution in [1.29, 1.82) is 0 Å². The molecule has 1 saturated carbocycles. The summed E-state index contributed by atoms with van der Waals surface area (Å²) >= 11 is 0. The number of hydrogen-bond donors (Lipinski definition) is 0. The first kappa shape index (κ1) is 11.1. The van der Waals surface area contributed by atoms with Crippen LogP contribution < -0.4 is 0 Å². The summed E-state index contributed by atoms with van der Waals surface area (Å²) in [4.78, 5) is 11.7. The van der Waals surface area contributed by atoms with Gasteiger partial charge in [0.15, 0.2) is 5.79 Å². The van der Waals surface area contributed by atoms with Crippen LogP contribution in [0.15, 0.2) is 0 Å². The summed E-state index contributed by atoms with van der Waals surface area (Å²) in [6, 6.07) is 0. The van der Waals surface area contributed by atoms with Crippen LogP contribution >= 0.6 is 0 Å². The van der Waals surface area contributed by atoms with Gasteiger partial charge in [0.1, 0.15) is 5.78 Å². The quantitative estimate of drug-likeness (QED) is 0.704. The number of hydrogen-bond acceptors (Lipinski definition) is 3. The molecule has 0 amide bonds. The molecule has 1 saturated heterocycles. The summed E-state index contributed by atoms with van der Waals surface area (Å²) in [5.41, 5.74) is -0.158. The van der Waals surface area contributed by atoms with E-state index in [0.717, 1.165) is 25.7 Å².